The third-order valence-electron chi connectivity index (χ3n) is 3.80. The van der Waals surface area contributed by atoms with Gasteiger partial charge in [-0.1, -0.05) is 39.0 Å². The zero-order chi connectivity index (χ0) is 18.6. The highest BCUT2D eigenvalue weighted by molar-refractivity contribution is 7.99. The zero-order valence-electron chi connectivity index (χ0n) is 15.2. The minimum Gasteiger partial charge on any atom is -0.468 e. The Morgan fingerprint density at radius 3 is 2.62 bits per heavy atom. The summed E-state index contributed by atoms with van der Waals surface area (Å²) in [4.78, 5) is 12.4. The maximum absolute atomic E-state index is 12.4. The number of rotatable bonds is 6. The van der Waals surface area contributed by atoms with E-state index in [1.807, 2.05) is 48.5 Å². The van der Waals surface area contributed by atoms with Crippen LogP contribution >= 0.6 is 11.8 Å². The molecule has 0 saturated heterocycles. The van der Waals surface area contributed by atoms with E-state index in [1.54, 1.807) is 10.9 Å². The average molecular weight is 369 g/mol. The van der Waals surface area contributed by atoms with Crippen molar-refractivity contribution in [3.05, 3.63) is 66.2 Å². The summed E-state index contributed by atoms with van der Waals surface area (Å²) in [6, 6.07) is 15.5. The molecule has 3 aromatic rings. The summed E-state index contributed by atoms with van der Waals surface area (Å²) in [5.74, 6) is 2.52. The van der Waals surface area contributed by atoms with Crippen LogP contribution in [-0.4, -0.2) is 21.4 Å². The minimum atomic E-state index is -0.104. The number of nitrogens with one attached hydrogen (secondary N) is 1. The molecule has 0 atom stereocenters. The van der Waals surface area contributed by atoms with Gasteiger partial charge in [0, 0.05) is 11.5 Å². The number of amides is 1. The van der Waals surface area contributed by atoms with Gasteiger partial charge in [0.05, 0.1) is 29.2 Å². The molecule has 0 radical (unpaired) electrons. The topological polar surface area (TPSA) is 60.1 Å². The summed E-state index contributed by atoms with van der Waals surface area (Å²) in [5, 5.41) is 7.70. The predicted octanol–water partition coefficient (Wildman–Crippen LogP) is 4.63. The van der Waals surface area contributed by atoms with Crippen LogP contribution in [-0.2, 0) is 16.0 Å². The lowest BCUT2D eigenvalue weighted by molar-refractivity contribution is -0.113. The molecule has 0 aliphatic heterocycles. The first-order valence-electron chi connectivity index (χ1n) is 8.49. The molecule has 0 aliphatic rings. The number of carbonyl (C=O) groups is 1. The normalized spacial score (nSPS) is 11.5. The summed E-state index contributed by atoms with van der Waals surface area (Å²) in [6.07, 6.45) is 1.64. The molecular weight excluding hydrogens is 346 g/mol. The van der Waals surface area contributed by atoms with Crippen LogP contribution in [0.5, 0.6) is 0 Å². The zero-order valence-corrected chi connectivity index (χ0v) is 16.0. The first-order valence-corrected chi connectivity index (χ1v) is 9.65. The van der Waals surface area contributed by atoms with Crippen molar-refractivity contribution in [3.63, 3.8) is 0 Å². The second kappa shape index (κ2) is 7.83. The quantitative estimate of drug-likeness (QED) is 0.688. The van der Waals surface area contributed by atoms with Crippen molar-refractivity contribution in [2.45, 2.75) is 31.9 Å². The fourth-order valence-corrected chi connectivity index (χ4v) is 3.15. The second-order valence-electron chi connectivity index (χ2n) is 7.03. The first-order chi connectivity index (χ1) is 12.4. The highest BCUT2D eigenvalue weighted by Crippen LogP contribution is 2.26. The van der Waals surface area contributed by atoms with Crippen molar-refractivity contribution < 1.29 is 9.21 Å². The van der Waals surface area contributed by atoms with Gasteiger partial charge in [0.15, 0.2) is 0 Å². The molecule has 1 aromatic carbocycles. The number of anilines is 1. The Hall–Kier alpha value is -2.47. The third-order valence-corrected chi connectivity index (χ3v) is 4.76. The van der Waals surface area contributed by atoms with Crippen molar-refractivity contribution >= 4 is 23.5 Å². The standard InChI is InChI=1S/C20H23N3O2S/c1-20(2,3)17-12-18(23(22-17)15-8-5-4-6-9-15)21-19(24)14-26-13-16-10-7-11-25-16/h4-12H,13-14H2,1-3H3,(H,21,24). The molecule has 136 valence electrons. The van der Waals surface area contributed by atoms with E-state index in [4.69, 9.17) is 9.52 Å². The number of thioether (sulfide) groups is 1. The van der Waals surface area contributed by atoms with Crippen molar-refractivity contribution in [3.8, 4) is 5.69 Å². The minimum absolute atomic E-state index is 0.0564. The predicted molar refractivity (Wildman–Crippen MR) is 106 cm³/mol. The van der Waals surface area contributed by atoms with Gasteiger partial charge < -0.3 is 9.73 Å². The Kier molecular flexibility index (Phi) is 5.52. The van der Waals surface area contributed by atoms with Gasteiger partial charge in [0.2, 0.25) is 5.91 Å². The number of carbonyl (C=O) groups excluding carboxylic acids is 1. The molecule has 0 aliphatic carbocycles. The maximum atomic E-state index is 12.4. The number of para-hydroxylation sites is 1. The Labute approximate surface area is 157 Å². The summed E-state index contributed by atoms with van der Waals surface area (Å²) in [7, 11) is 0. The van der Waals surface area contributed by atoms with E-state index in [2.05, 4.69) is 26.1 Å². The lowest BCUT2D eigenvalue weighted by Gasteiger charge is -2.14. The molecule has 0 bridgehead atoms. The number of benzene rings is 1. The smallest absolute Gasteiger partial charge is 0.235 e. The van der Waals surface area contributed by atoms with E-state index < -0.39 is 0 Å². The van der Waals surface area contributed by atoms with Gasteiger partial charge >= 0.3 is 0 Å². The number of furan rings is 1. The molecule has 6 heteroatoms. The maximum Gasteiger partial charge on any atom is 0.235 e. The molecule has 0 unspecified atom stereocenters. The summed E-state index contributed by atoms with van der Waals surface area (Å²) in [5.41, 5.74) is 1.74. The van der Waals surface area contributed by atoms with E-state index in [0.717, 1.165) is 17.1 Å². The molecule has 0 fully saturated rings. The highest BCUT2D eigenvalue weighted by atomic mass is 32.2. The van der Waals surface area contributed by atoms with Crippen LogP contribution in [0.15, 0.2) is 59.2 Å². The van der Waals surface area contributed by atoms with Crippen LogP contribution in [0.3, 0.4) is 0 Å². The van der Waals surface area contributed by atoms with Gasteiger partial charge in [-0.3, -0.25) is 4.79 Å². The molecule has 3 rings (SSSR count). The van der Waals surface area contributed by atoms with E-state index in [9.17, 15) is 4.79 Å². The third kappa shape index (κ3) is 4.58. The molecule has 0 spiro atoms. The van der Waals surface area contributed by atoms with Gasteiger partial charge in [-0.2, -0.15) is 5.10 Å². The Bertz CT molecular complexity index is 849. The number of hydrogen-bond donors (Lipinski definition) is 1. The van der Waals surface area contributed by atoms with E-state index in [0.29, 0.717) is 17.3 Å². The van der Waals surface area contributed by atoms with Crippen molar-refractivity contribution in [2.75, 3.05) is 11.1 Å². The van der Waals surface area contributed by atoms with E-state index in [-0.39, 0.29) is 11.3 Å². The van der Waals surface area contributed by atoms with Crippen LogP contribution in [0.4, 0.5) is 5.82 Å². The first kappa shape index (κ1) is 18.3. The number of nitrogens with zero attached hydrogens (tertiary/aromatic N) is 2. The molecule has 2 heterocycles. The summed E-state index contributed by atoms with van der Waals surface area (Å²) in [6.45, 7) is 6.32. The van der Waals surface area contributed by atoms with Crippen LogP contribution in [0, 0.1) is 0 Å². The Balaban J connectivity index is 1.73. The fraction of sp³-hybridized carbons (Fsp3) is 0.300. The molecule has 0 saturated carbocycles. The van der Waals surface area contributed by atoms with Crippen molar-refractivity contribution in [1.82, 2.24) is 9.78 Å². The molecule has 1 N–H and O–H groups in total. The highest BCUT2D eigenvalue weighted by Gasteiger charge is 2.21. The monoisotopic (exact) mass is 369 g/mol. The van der Waals surface area contributed by atoms with Crippen LogP contribution in [0.2, 0.25) is 0 Å². The Morgan fingerprint density at radius 1 is 1.19 bits per heavy atom. The fourth-order valence-electron chi connectivity index (χ4n) is 2.42. The van der Waals surface area contributed by atoms with E-state index in [1.165, 1.54) is 11.8 Å². The van der Waals surface area contributed by atoms with Gasteiger partial charge in [0.1, 0.15) is 11.6 Å². The largest absolute Gasteiger partial charge is 0.468 e. The lowest BCUT2D eigenvalue weighted by Crippen LogP contribution is -2.17. The molecule has 1 amide bonds. The molecule has 26 heavy (non-hydrogen) atoms. The second-order valence-corrected chi connectivity index (χ2v) is 8.02. The number of aromatic nitrogens is 2. The van der Waals surface area contributed by atoms with Gasteiger partial charge in [0.25, 0.3) is 0 Å². The lowest BCUT2D eigenvalue weighted by atomic mass is 9.92. The SMILES string of the molecule is CC(C)(C)c1cc(NC(=O)CSCc2ccco2)n(-c2ccccc2)n1. The van der Waals surface area contributed by atoms with Gasteiger partial charge in [-0.15, -0.1) is 11.8 Å². The van der Waals surface area contributed by atoms with Crippen LogP contribution in [0.1, 0.15) is 32.2 Å². The van der Waals surface area contributed by atoms with Gasteiger partial charge in [-0.05, 0) is 24.3 Å². The van der Waals surface area contributed by atoms with Crippen LogP contribution in [0.25, 0.3) is 5.69 Å². The molecule has 2 aromatic heterocycles. The number of hydrogen-bond acceptors (Lipinski definition) is 4. The Morgan fingerprint density at radius 2 is 1.96 bits per heavy atom. The van der Waals surface area contributed by atoms with Crippen molar-refractivity contribution in [2.24, 2.45) is 0 Å². The van der Waals surface area contributed by atoms with Gasteiger partial charge in [-0.25, -0.2) is 4.68 Å². The molecular formula is C20H23N3O2S. The van der Waals surface area contributed by atoms with Crippen molar-refractivity contribution in [1.29, 1.82) is 0 Å². The van der Waals surface area contributed by atoms with Crippen LogP contribution < -0.4 is 5.32 Å². The van der Waals surface area contributed by atoms with E-state index >= 15 is 0 Å². The summed E-state index contributed by atoms with van der Waals surface area (Å²) >= 11 is 1.52. The average Bonchev–Trinajstić information content (AvgIpc) is 3.25. The summed E-state index contributed by atoms with van der Waals surface area (Å²) < 4.78 is 7.07. The molecule has 5 nitrogen and oxygen atoms in total.